The highest BCUT2D eigenvalue weighted by atomic mass is 16.6. The molecule has 0 N–H and O–H groups in total. The van der Waals surface area contributed by atoms with E-state index in [1.165, 1.54) is 0 Å². The number of imidazole rings is 1. The third-order valence-corrected chi connectivity index (χ3v) is 3.19. The molecule has 0 saturated carbocycles. The largest absolute Gasteiger partial charge is 0.486 e. The third kappa shape index (κ3) is 1.82. The maximum absolute atomic E-state index is 9.21. The number of hydrogen-bond donors (Lipinski definition) is 0. The highest BCUT2D eigenvalue weighted by Crippen LogP contribution is 2.37. The number of nitriles is 1. The monoisotopic (exact) mass is 255 g/mol. The van der Waals surface area contributed by atoms with Crippen molar-refractivity contribution < 1.29 is 9.47 Å². The average molecular weight is 255 g/mol. The van der Waals surface area contributed by atoms with E-state index in [-0.39, 0.29) is 0 Å². The molecule has 0 unspecified atom stereocenters. The van der Waals surface area contributed by atoms with E-state index in [2.05, 4.69) is 11.1 Å². The molecule has 1 aromatic heterocycles. The Balaban J connectivity index is 2.17. The number of ether oxygens (including phenoxy) is 2. The van der Waals surface area contributed by atoms with Crippen molar-refractivity contribution in [1.82, 2.24) is 9.55 Å². The number of hydrogen-bond acceptors (Lipinski definition) is 4. The van der Waals surface area contributed by atoms with Crippen LogP contribution in [0, 0.1) is 18.3 Å². The van der Waals surface area contributed by atoms with Crippen molar-refractivity contribution in [3.8, 4) is 28.8 Å². The van der Waals surface area contributed by atoms with E-state index in [1.54, 1.807) is 10.9 Å². The van der Waals surface area contributed by atoms with Gasteiger partial charge in [0.15, 0.2) is 11.5 Å². The summed E-state index contributed by atoms with van der Waals surface area (Å²) in [6.07, 6.45) is 1.64. The van der Waals surface area contributed by atoms with Crippen LogP contribution >= 0.6 is 0 Å². The number of aromatic nitrogens is 2. The van der Waals surface area contributed by atoms with Crippen LogP contribution < -0.4 is 9.47 Å². The number of benzene rings is 1. The number of fused-ring (bicyclic) bond motifs is 1. The second kappa shape index (κ2) is 4.32. The van der Waals surface area contributed by atoms with E-state index in [0.29, 0.717) is 30.4 Å². The molecule has 1 aliphatic rings. The molecule has 0 radical (unpaired) electrons. The van der Waals surface area contributed by atoms with Gasteiger partial charge in [-0.05, 0) is 24.6 Å². The van der Waals surface area contributed by atoms with Crippen LogP contribution in [0.3, 0.4) is 0 Å². The van der Waals surface area contributed by atoms with Crippen molar-refractivity contribution in [1.29, 1.82) is 5.26 Å². The van der Waals surface area contributed by atoms with Gasteiger partial charge >= 0.3 is 0 Å². The van der Waals surface area contributed by atoms with Crippen molar-refractivity contribution in [3.05, 3.63) is 29.7 Å². The summed E-state index contributed by atoms with van der Waals surface area (Å²) in [6, 6.07) is 6.00. The maximum atomic E-state index is 9.21. The minimum absolute atomic E-state index is 0.541. The van der Waals surface area contributed by atoms with Gasteiger partial charge in [0, 0.05) is 12.6 Å². The highest BCUT2D eigenvalue weighted by Gasteiger charge is 2.18. The summed E-state index contributed by atoms with van der Waals surface area (Å²) in [5.74, 6) is 1.46. The van der Waals surface area contributed by atoms with E-state index in [1.807, 2.05) is 26.1 Å². The highest BCUT2D eigenvalue weighted by molar-refractivity contribution is 5.72. The lowest BCUT2D eigenvalue weighted by molar-refractivity contribution is 0.171. The Morgan fingerprint density at radius 2 is 1.95 bits per heavy atom. The first-order chi connectivity index (χ1) is 9.20. The van der Waals surface area contributed by atoms with Crippen molar-refractivity contribution >= 4 is 0 Å². The van der Waals surface area contributed by atoms with Crippen LogP contribution in [0.4, 0.5) is 0 Å². The quantitative estimate of drug-likeness (QED) is 0.782. The summed E-state index contributed by atoms with van der Waals surface area (Å²) in [5, 5.41) is 9.21. The van der Waals surface area contributed by atoms with Crippen LogP contribution in [0.2, 0.25) is 0 Å². The average Bonchev–Trinajstić information content (AvgIpc) is 2.78. The van der Waals surface area contributed by atoms with Crippen LogP contribution in [-0.2, 0) is 7.05 Å². The summed E-state index contributed by atoms with van der Waals surface area (Å²) >= 11 is 0. The Morgan fingerprint density at radius 3 is 2.63 bits per heavy atom. The van der Waals surface area contributed by atoms with Gasteiger partial charge in [-0.1, -0.05) is 0 Å². The predicted octanol–water partition coefficient (Wildman–Crippen LogP) is 2.04. The van der Waals surface area contributed by atoms with Gasteiger partial charge < -0.3 is 14.0 Å². The molecule has 0 atom stereocenters. The van der Waals surface area contributed by atoms with Gasteiger partial charge in [0.1, 0.15) is 30.7 Å². The van der Waals surface area contributed by atoms with Gasteiger partial charge in [0.2, 0.25) is 0 Å². The number of rotatable bonds is 1. The zero-order valence-electron chi connectivity index (χ0n) is 10.8. The molecule has 0 bridgehead atoms. The molecular weight excluding hydrogens is 242 g/mol. The molecule has 5 heteroatoms. The third-order valence-electron chi connectivity index (χ3n) is 3.19. The second-order valence-corrected chi connectivity index (χ2v) is 4.48. The fourth-order valence-electron chi connectivity index (χ4n) is 2.20. The summed E-state index contributed by atoms with van der Waals surface area (Å²) in [7, 11) is 1.81. The Morgan fingerprint density at radius 1 is 1.26 bits per heavy atom. The standard InChI is InChI=1S/C14H13N3O2/c1-9-5-12-13(19-4-3-18-12)6-10(9)14-11(7-15)17(2)8-16-14/h5-6,8H,3-4H2,1-2H3. The fourth-order valence-corrected chi connectivity index (χ4v) is 2.20. The summed E-state index contributed by atoms with van der Waals surface area (Å²) in [6.45, 7) is 3.09. The lowest BCUT2D eigenvalue weighted by atomic mass is 10.0. The maximum Gasteiger partial charge on any atom is 0.162 e. The van der Waals surface area contributed by atoms with E-state index in [9.17, 15) is 5.26 Å². The molecule has 0 amide bonds. The summed E-state index contributed by atoms with van der Waals surface area (Å²) < 4.78 is 12.8. The lowest BCUT2D eigenvalue weighted by Gasteiger charge is -2.20. The van der Waals surface area contributed by atoms with Crippen molar-refractivity contribution in [3.63, 3.8) is 0 Å². The second-order valence-electron chi connectivity index (χ2n) is 4.48. The van der Waals surface area contributed by atoms with Gasteiger partial charge in [-0.3, -0.25) is 0 Å². The first-order valence-corrected chi connectivity index (χ1v) is 6.02. The van der Waals surface area contributed by atoms with E-state index < -0.39 is 0 Å². The Labute approximate surface area is 111 Å². The zero-order valence-corrected chi connectivity index (χ0v) is 10.8. The normalized spacial score (nSPS) is 13.1. The van der Waals surface area contributed by atoms with Crippen LogP contribution in [0.1, 0.15) is 11.3 Å². The molecule has 0 aliphatic carbocycles. The van der Waals surface area contributed by atoms with Crippen LogP contribution in [0.5, 0.6) is 11.5 Å². The molecule has 2 heterocycles. The van der Waals surface area contributed by atoms with Gasteiger partial charge in [-0.25, -0.2) is 4.98 Å². The molecule has 0 fully saturated rings. The minimum Gasteiger partial charge on any atom is -0.486 e. The first-order valence-electron chi connectivity index (χ1n) is 6.02. The Hall–Kier alpha value is -2.48. The van der Waals surface area contributed by atoms with E-state index in [0.717, 1.165) is 16.9 Å². The van der Waals surface area contributed by atoms with Gasteiger partial charge in [0.25, 0.3) is 0 Å². The fraction of sp³-hybridized carbons (Fsp3) is 0.286. The van der Waals surface area contributed by atoms with Crippen LogP contribution in [0.25, 0.3) is 11.3 Å². The topological polar surface area (TPSA) is 60.1 Å². The van der Waals surface area contributed by atoms with Gasteiger partial charge in [-0.15, -0.1) is 0 Å². The molecule has 0 saturated heterocycles. The molecule has 2 aromatic rings. The Bertz CT molecular complexity index is 683. The van der Waals surface area contributed by atoms with Gasteiger partial charge in [-0.2, -0.15) is 5.26 Å². The smallest absolute Gasteiger partial charge is 0.162 e. The van der Waals surface area contributed by atoms with Crippen molar-refractivity contribution in [2.75, 3.05) is 13.2 Å². The minimum atomic E-state index is 0.541. The lowest BCUT2D eigenvalue weighted by Crippen LogP contribution is -2.15. The number of nitrogens with zero attached hydrogens (tertiary/aromatic N) is 3. The van der Waals surface area contributed by atoms with Crippen molar-refractivity contribution in [2.45, 2.75) is 6.92 Å². The zero-order chi connectivity index (χ0) is 13.4. The first kappa shape index (κ1) is 11.6. The molecule has 5 nitrogen and oxygen atoms in total. The molecule has 3 rings (SSSR count). The van der Waals surface area contributed by atoms with E-state index >= 15 is 0 Å². The van der Waals surface area contributed by atoms with Crippen molar-refractivity contribution in [2.24, 2.45) is 7.05 Å². The van der Waals surface area contributed by atoms with Crippen LogP contribution in [0.15, 0.2) is 18.5 Å². The molecular formula is C14H13N3O2. The van der Waals surface area contributed by atoms with Crippen LogP contribution in [-0.4, -0.2) is 22.8 Å². The SMILES string of the molecule is Cc1cc2c(cc1-c1ncn(C)c1C#N)OCCO2. The molecule has 0 spiro atoms. The molecule has 1 aliphatic heterocycles. The molecule has 96 valence electrons. The number of aryl methyl sites for hydroxylation is 2. The summed E-state index contributed by atoms with van der Waals surface area (Å²) in [4.78, 5) is 4.31. The molecule has 1 aromatic carbocycles. The van der Waals surface area contributed by atoms with Gasteiger partial charge in [0.05, 0.1) is 6.33 Å². The summed E-state index contributed by atoms with van der Waals surface area (Å²) in [5.41, 5.74) is 3.14. The Kier molecular flexibility index (Phi) is 2.64. The van der Waals surface area contributed by atoms with E-state index in [4.69, 9.17) is 9.47 Å². The molecule has 19 heavy (non-hydrogen) atoms. The predicted molar refractivity (Wildman–Crippen MR) is 69.1 cm³/mol.